The number of nitrogens with two attached hydrogens (primary N) is 1. The Hall–Kier alpha value is 0.0569. The quantitative estimate of drug-likeness (QED) is 0.277. The normalized spacial score (nSPS) is 13.9. The van der Waals surface area contributed by atoms with Gasteiger partial charge in [0.2, 0.25) is 0 Å². The van der Waals surface area contributed by atoms with E-state index in [4.69, 9.17) is 5.73 Å². The molecule has 0 fully saturated rings. The van der Waals surface area contributed by atoms with Gasteiger partial charge in [0.25, 0.3) is 0 Å². The Balaban J connectivity index is 0. The van der Waals surface area contributed by atoms with Crippen molar-refractivity contribution in [1.82, 2.24) is 16.0 Å². The van der Waals surface area contributed by atoms with Gasteiger partial charge >= 0.3 is 0 Å². The first kappa shape index (κ1) is 13.6. The molecule has 0 bridgehead atoms. The Kier molecular flexibility index (Phi) is 7.03. The van der Waals surface area contributed by atoms with Crippen LogP contribution in [0.2, 0.25) is 0 Å². The van der Waals surface area contributed by atoms with Gasteiger partial charge in [-0.15, -0.1) is 0 Å². The van der Waals surface area contributed by atoms with E-state index in [0.29, 0.717) is 0 Å². The molecular formula is C6H22N4Si. The molecule has 0 aliphatic rings. The van der Waals surface area contributed by atoms with Crippen molar-refractivity contribution in [2.24, 2.45) is 5.73 Å². The Morgan fingerprint density at radius 1 is 1.18 bits per heavy atom. The molecule has 0 aromatic heterocycles. The van der Waals surface area contributed by atoms with Crippen molar-refractivity contribution in [3.05, 3.63) is 0 Å². The van der Waals surface area contributed by atoms with Crippen molar-refractivity contribution in [1.29, 1.82) is 0 Å². The third kappa shape index (κ3) is 3.30. The number of likely N-dealkylation sites (N-methyl/N-ethyl adjacent to an activating group) is 3. The van der Waals surface area contributed by atoms with Crippen molar-refractivity contribution < 1.29 is 0 Å². The van der Waals surface area contributed by atoms with Gasteiger partial charge in [0.05, 0.1) is 0 Å². The molecule has 0 heterocycles. The molecule has 5 heteroatoms. The van der Waals surface area contributed by atoms with Crippen LogP contribution in [0.4, 0.5) is 0 Å². The molecule has 4 nitrogen and oxygen atoms in total. The molecule has 11 heavy (non-hydrogen) atoms. The predicted molar refractivity (Wildman–Crippen MR) is 54.9 cm³/mol. The minimum absolute atomic E-state index is 0. The lowest BCUT2D eigenvalue weighted by atomic mass is 10.2. The molecule has 0 aromatic carbocycles. The fourth-order valence-corrected chi connectivity index (χ4v) is 0.786. The van der Waals surface area contributed by atoms with E-state index in [-0.39, 0.29) is 17.0 Å². The summed E-state index contributed by atoms with van der Waals surface area (Å²) in [6.07, 6.45) is 0. The summed E-state index contributed by atoms with van der Waals surface area (Å²) in [4.78, 5) is 0. The molecule has 0 aliphatic carbocycles. The third-order valence-electron chi connectivity index (χ3n) is 1.94. The fourth-order valence-electron chi connectivity index (χ4n) is 0.786. The highest BCUT2D eigenvalue weighted by molar-refractivity contribution is 5.75. The lowest BCUT2D eigenvalue weighted by Gasteiger charge is -2.34. The van der Waals surface area contributed by atoms with E-state index in [1.165, 1.54) is 0 Å². The first-order chi connectivity index (χ1) is 4.60. The zero-order chi connectivity index (χ0) is 8.20. The average Bonchev–Trinajstić information content (AvgIpc) is 2.01. The first-order valence-corrected chi connectivity index (χ1v) is 3.44. The minimum Gasteiger partial charge on any atom is -0.313 e. The molecule has 0 spiro atoms. The number of rotatable bonds is 4. The Labute approximate surface area is 73.3 Å². The van der Waals surface area contributed by atoms with Gasteiger partial charge in [-0.25, -0.2) is 0 Å². The van der Waals surface area contributed by atoms with Crippen LogP contribution in [-0.4, -0.2) is 43.9 Å². The lowest BCUT2D eigenvalue weighted by Crippen LogP contribution is -2.70. The van der Waals surface area contributed by atoms with Gasteiger partial charge in [-0.3, -0.25) is 16.4 Å². The van der Waals surface area contributed by atoms with E-state index in [0.717, 1.165) is 0 Å². The third-order valence-corrected chi connectivity index (χ3v) is 1.94. The van der Waals surface area contributed by atoms with Gasteiger partial charge in [0.15, 0.2) is 0 Å². The van der Waals surface area contributed by atoms with Crippen LogP contribution in [0.25, 0.3) is 0 Å². The van der Waals surface area contributed by atoms with Crippen LogP contribution in [-0.2, 0) is 0 Å². The molecule has 0 aromatic rings. The van der Waals surface area contributed by atoms with E-state index in [1.807, 2.05) is 28.1 Å². The number of nitrogens with one attached hydrogen (secondary N) is 3. The second-order valence-electron chi connectivity index (χ2n) is 2.38. The SMILES string of the molecule is CNC(C)C(N)(NC)NC.[SiH4]. The highest BCUT2D eigenvalue weighted by Crippen LogP contribution is 1.94. The Morgan fingerprint density at radius 2 is 1.55 bits per heavy atom. The molecule has 0 amide bonds. The smallest absolute Gasteiger partial charge is 0.136 e. The highest BCUT2D eigenvalue weighted by Gasteiger charge is 2.26. The van der Waals surface area contributed by atoms with Gasteiger partial charge in [0.1, 0.15) is 5.79 Å². The molecule has 0 saturated heterocycles. The van der Waals surface area contributed by atoms with E-state index in [1.54, 1.807) is 0 Å². The van der Waals surface area contributed by atoms with Gasteiger partial charge in [-0.05, 0) is 39.0 Å². The van der Waals surface area contributed by atoms with Gasteiger partial charge < -0.3 is 5.32 Å². The van der Waals surface area contributed by atoms with E-state index < -0.39 is 5.79 Å². The summed E-state index contributed by atoms with van der Waals surface area (Å²) in [5.74, 6) is -0.519. The second-order valence-corrected chi connectivity index (χ2v) is 2.38. The zero-order valence-corrected chi connectivity index (χ0v) is 7.15. The molecule has 5 N–H and O–H groups in total. The van der Waals surface area contributed by atoms with Gasteiger partial charge in [-0.2, -0.15) is 0 Å². The maximum Gasteiger partial charge on any atom is 0.136 e. The summed E-state index contributed by atoms with van der Waals surface area (Å²) in [7, 11) is 5.52. The largest absolute Gasteiger partial charge is 0.313 e. The second kappa shape index (κ2) is 5.67. The minimum atomic E-state index is -0.519. The molecule has 1 unspecified atom stereocenters. The summed E-state index contributed by atoms with van der Waals surface area (Å²) < 4.78 is 0. The maximum absolute atomic E-state index is 5.87. The van der Waals surface area contributed by atoms with E-state index in [9.17, 15) is 0 Å². The van der Waals surface area contributed by atoms with Crippen molar-refractivity contribution in [3.63, 3.8) is 0 Å². The Bertz CT molecular complexity index is 94.6. The standard InChI is InChI=1S/C6H18N4.H4Si/c1-5(8-2)6(7,9-3)10-4;/h5,8-10H,7H2,1-4H3;1H4. The molecule has 0 rings (SSSR count). The van der Waals surface area contributed by atoms with Crippen molar-refractivity contribution in [2.75, 3.05) is 21.1 Å². The molecule has 0 aliphatic heterocycles. The van der Waals surface area contributed by atoms with Crippen LogP contribution < -0.4 is 21.7 Å². The zero-order valence-electron chi connectivity index (χ0n) is 7.15. The number of hydrogen-bond acceptors (Lipinski definition) is 4. The van der Waals surface area contributed by atoms with Crippen LogP contribution in [0.5, 0.6) is 0 Å². The molecule has 0 radical (unpaired) electrons. The molecule has 70 valence electrons. The topological polar surface area (TPSA) is 62.1 Å². The summed E-state index contributed by atoms with van der Waals surface area (Å²) >= 11 is 0. The van der Waals surface area contributed by atoms with Crippen LogP contribution >= 0.6 is 0 Å². The maximum atomic E-state index is 5.87. The summed E-state index contributed by atoms with van der Waals surface area (Å²) in [6, 6.07) is 0.183. The van der Waals surface area contributed by atoms with Crippen LogP contribution in [0.3, 0.4) is 0 Å². The van der Waals surface area contributed by atoms with Crippen molar-refractivity contribution in [2.45, 2.75) is 18.8 Å². The fraction of sp³-hybridized carbons (Fsp3) is 1.00. The molecule has 0 saturated carbocycles. The van der Waals surface area contributed by atoms with Crippen LogP contribution in [0.15, 0.2) is 0 Å². The Morgan fingerprint density at radius 3 is 1.64 bits per heavy atom. The molecular weight excluding hydrogens is 156 g/mol. The lowest BCUT2D eigenvalue weighted by molar-refractivity contribution is 0.234. The highest BCUT2D eigenvalue weighted by atomic mass is 28.1. The average molecular weight is 178 g/mol. The molecule has 1 atom stereocenters. The van der Waals surface area contributed by atoms with Crippen molar-refractivity contribution in [3.8, 4) is 0 Å². The number of hydrogen-bond donors (Lipinski definition) is 4. The first-order valence-electron chi connectivity index (χ1n) is 3.44. The monoisotopic (exact) mass is 178 g/mol. The predicted octanol–water partition coefficient (Wildman–Crippen LogP) is -2.81. The van der Waals surface area contributed by atoms with Gasteiger partial charge in [-0.1, -0.05) is 0 Å². The van der Waals surface area contributed by atoms with E-state index >= 15 is 0 Å². The van der Waals surface area contributed by atoms with Crippen LogP contribution in [0, 0.1) is 0 Å². The summed E-state index contributed by atoms with van der Waals surface area (Å²) in [5, 5.41) is 9.02. The van der Waals surface area contributed by atoms with Crippen molar-refractivity contribution >= 4 is 11.0 Å². The summed E-state index contributed by atoms with van der Waals surface area (Å²) in [5.41, 5.74) is 5.87. The van der Waals surface area contributed by atoms with E-state index in [2.05, 4.69) is 16.0 Å². The van der Waals surface area contributed by atoms with Gasteiger partial charge in [0, 0.05) is 6.04 Å². The van der Waals surface area contributed by atoms with Crippen LogP contribution in [0.1, 0.15) is 6.92 Å². The summed E-state index contributed by atoms with van der Waals surface area (Å²) in [6.45, 7) is 2.01.